The highest BCUT2D eigenvalue weighted by molar-refractivity contribution is 7.89. The monoisotopic (exact) mass is 452 g/mol. The smallest absolute Gasteiger partial charge is 0.241 e. The van der Waals surface area contributed by atoms with Crippen molar-refractivity contribution in [2.24, 2.45) is 0 Å². The van der Waals surface area contributed by atoms with Crippen molar-refractivity contribution in [3.8, 4) is 11.5 Å². The first-order valence-electron chi connectivity index (χ1n) is 9.90. The van der Waals surface area contributed by atoms with Gasteiger partial charge in [-0.2, -0.15) is 4.72 Å². The van der Waals surface area contributed by atoms with Gasteiger partial charge in [0.2, 0.25) is 10.0 Å². The maximum Gasteiger partial charge on any atom is 0.241 e. The van der Waals surface area contributed by atoms with E-state index in [4.69, 9.17) is 9.47 Å². The molecule has 3 heterocycles. The molecule has 2 aromatic heterocycles. The molecule has 6 nitrogen and oxygen atoms in total. The zero-order valence-electron chi connectivity index (χ0n) is 16.5. The van der Waals surface area contributed by atoms with Crippen LogP contribution in [0.3, 0.4) is 0 Å². The van der Waals surface area contributed by atoms with Crippen LogP contribution in [0.1, 0.15) is 22.9 Å². The standard InChI is InChI=1S/C23H20N2O4S2/c26-31(27,18-7-8-19-20(14-18)29-12-4-11-28-19)25-23(16-5-2-1-3-6-16)22-13-17-15-24-10-9-21(17)30-22/h1-3,5-10,13-15,23,25H,4,11-12H2/t23-/m1/s1. The molecule has 0 bridgehead atoms. The van der Waals surface area contributed by atoms with E-state index in [-0.39, 0.29) is 4.90 Å². The van der Waals surface area contributed by atoms with Gasteiger partial charge in [-0.05, 0) is 29.8 Å². The van der Waals surface area contributed by atoms with Crippen molar-refractivity contribution in [1.29, 1.82) is 0 Å². The van der Waals surface area contributed by atoms with Crippen LogP contribution in [0, 0.1) is 0 Å². The zero-order valence-corrected chi connectivity index (χ0v) is 18.2. The van der Waals surface area contributed by atoms with Crippen molar-refractivity contribution in [3.63, 3.8) is 0 Å². The Morgan fingerprint density at radius 2 is 1.77 bits per heavy atom. The molecular weight excluding hydrogens is 432 g/mol. The van der Waals surface area contributed by atoms with Crippen LogP contribution in [0.15, 0.2) is 78.0 Å². The summed E-state index contributed by atoms with van der Waals surface area (Å²) in [5.41, 5.74) is 0.861. The summed E-state index contributed by atoms with van der Waals surface area (Å²) in [4.78, 5) is 5.21. The summed E-state index contributed by atoms with van der Waals surface area (Å²) in [5.74, 6) is 1.01. The largest absolute Gasteiger partial charge is 0.490 e. The number of nitrogens with zero attached hydrogens (tertiary/aromatic N) is 1. The molecule has 0 spiro atoms. The third kappa shape index (κ3) is 4.14. The minimum atomic E-state index is -3.83. The maximum absolute atomic E-state index is 13.4. The molecule has 1 atom stereocenters. The summed E-state index contributed by atoms with van der Waals surface area (Å²) in [6, 6.07) is 17.7. The van der Waals surface area contributed by atoms with Gasteiger partial charge in [-0.15, -0.1) is 11.3 Å². The Hall–Kier alpha value is -2.94. The number of ether oxygens (including phenoxy) is 2. The van der Waals surface area contributed by atoms with Gasteiger partial charge in [0.25, 0.3) is 0 Å². The molecule has 0 radical (unpaired) electrons. The van der Waals surface area contributed by atoms with Crippen LogP contribution in [-0.2, 0) is 10.0 Å². The lowest BCUT2D eigenvalue weighted by Crippen LogP contribution is -2.29. The van der Waals surface area contributed by atoms with Gasteiger partial charge in [0.15, 0.2) is 11.5 Å². The van der Waals surface area contributed by atoms with Gasteiger partial charge in [-0.25, -0.2) is 8.42 Å². The SMILES string of the molecule is O=S(=O)(N[C@H](c1ccccc1)c1cc2cnccc2s1)c1ccc2c(c1)OCCCO2. The first-order valence-corrected chi connectivity index (χ1v) is 12.2. The molecule has 4 aromatic rings. The molecule has 0 saturated carbocycles. The van der Waals surface area contributed by atoms with Crippen molar-refractivity contribution in [3.05, 3.63) is 83.5 Å². The molecule has 1 aliphatic heterocycles. The highest BCUT2D eigenvalue weighted by Crippen LogP contribution is 2.35. The average molecular weight is 453 g/mol. The molecule has 2 aromatic carbocycles. The number of benzene rings is 2. The number of rotatable bonds is 5. The Labute approximate surface area is 184 Å². The Balaban J connectivity index is 1.54. The van der Waals surface area contributed by atoms with Crippen molar-refractivity contribution in [1.82, 2.24) is 9.71 Å². The molecule has 0 aliphatic carbocycles. The first kappa shape index (κ1) is 20.0. The molecule has 0 unspecified atom stereocenters. The van der Waals surface area contributed by atoms with Crippen molar-refractivity contribution in [2.75, 3.05) is 13.2 Å². The summed E-state index contributed by atoms with van der Waals surface area (Å²) < 4.78 is 42.0. The van der Waals surface area contributed by atoms with Crippen LogP contribution in [0.2, 0.25) is 0 Å². The van der Waals surface area contributed by atoms with Crippen LogP contribution in [0.5, 0.6) is 11.5 Å². The number of pyridine rings is 1. The van der Waals surface area contributed by atoms with E-state index in [1.807, 2.05) is 42.5 Å². The number of aromatic nitrogens is 1. The van der Waals surface area contributed by atoms with E-state index in [9.17, 15) is 8.42 Å². The van der Waals surface area contributed by atoms with Crippen molar-refractivity contribution < 1.29 is 17.9 Å². The number of sulfonamides is 1. The van der Waals surface area contributed by atoms with E-state index >= 15 is 0 Å². The number of thiophene rings is 1. The average Bonchev–Trinajstić information content (AvgIpc) is 3.08. The minimum Gasteiger partial charge on any atom is -0.490 e. The first-order chi connectivity index (χ1) is 15.1. The van der Waals surface area contributed by atoms with E-state index in [0.29, 0.717) is 24.7 Å². The van der Waals surface area contributed by atoms with Crippen molar-refractivity contribution in [2.45, 2.75) is 17.4 Å². The molecule has 158 valence electrons. The van der Waals surface area contributed by atoms with E-state index in [2.05, 4.69) is 9.71 Å². The second kappa shape index (κ2) is 8.30. The molecule has 0 saturated heterocycles. The third-order valence-electron chi connectivity index (χ3n) is 5.06. The van der Waals surface area contributed by atoms with Gasteiger partial charge in [0, 0.05) is 39.8 Å². The van der Waals surface area contributed by atoms with Crippen LogP contribution >= 0.6 is 11.3 Å². The zero-order chi connectivity index (χ0) is 21.3. The second-order valence-corrected chi connectivity index (χ2v) is 10.0. The molecule has 8 heteroatoms. The summed E-state index contributed by atoms with van der Waals surface area (Å²) in [5, 5.41) is 0.984. The molecular formula is C23H20N2O4S2. The normalized spacial score (nSPS) is 14.8. The Morgan fingerprint density at radius 3 is 2.58 bits per heavy atom. The number of nitrogens with one attached hydrogen (secondary N) is 1. The third-order valence-corrected chi connectivity index (χ3v) is 7.66. The predicted octanol–water partition coefficient (Wildman–Crippen LogP) is 4.53. The number of hydrogen-bond acceptors (Lipinski definition) is 6. The van der Waals surface area contributed by atoms with Gasteiger partial charge < -0.3 is 9.47 Å². The molecule has 0 amide bonds. The molecule has 0 fully saturated rings. The Kier molecular flexibility index (Phi) is 5.35. The summed E-state index contributed by atoms with van der Waals surface area (Å²) >= 11 is 1.55. The lowest BCUT2D eigenvalue weighted by molar-refractivity contribution is 0.297. The molecule has 5 rings (SSSR count). The lowest BCUT2D eigenvalue weighted by atomic mass is 10.1. The lowest BCUT2D eigenvalue weighted by Gasteiger charge is -2.19. The molecule has 1 aliphatic rings. The van der Waals surface area contributed by atoms with Gasteiger partial charge in [-0.1, -0.05) is 30.3 Å². The number of hydrogen-bond donors (Lipinski definition) is 1. The molecule has 1 N–H and O–H groups in total. The van der Waals surface area contributed by atoms with Crippen LogP contribution in [-0.4, -0.2) is 26.6 Å². The van der Waals surface area contributed by atoms with E-state index in [0.717, 1.165) is 26.9 Å². The fraction of sp³-hybridized carbons (Fsp3) is 0.174. The minimum absolute atomic E-state index is 0.139. The van der Waals surface area contributed by atoms with Crippen molar-refractivity contribution >= 4 is 31.4 Å². The van der Waals surface area contributed by atoms with Gasteiger partial charge in [0.05, 0.1) is 24.2 Å². The maximum atomic E-state index is 13.4. The topological polar surface area (TPSA) is 77.5 Å². The quantitative estimate of drug-likeness (QED) is 0.482. The highest BCUT2D eigenvalue weighted by Gasteiger charge is 2.26. The number of fused-ring (bicyclic) bond motifs is 2. The highest BCUT2D eigenvalue weighted by atomic mass is 32.2. The van der Waals surface area contributed by atoms with Gasteiger partial charge in [0.1, 0.15) is 0 Å². The molecule has 31 heavy (non-hydrogen) atoms. The fourth-order valence-corrected chi connectivity index (χ4v) is 5.92. The summed E-state index contributed by atoms with van der Waals surface area (Å²) in [7, 11) is -3.83. The summed E-state index contributed by atoms with van der Waals surface area (Å²) in [6.45, 7) is 1.04. The van der Waals surface area contributed by atoms with Gasteiger partial charge >= 0.3 is 0 Å². The Bertz CT molecular complexity index is 1290. The Morgan fingerprint density at radius 1 is 0.968 bits per heavy atom. The fourth-order valence-electron chi connectivity index (χ4n) is 3.52. The predicted molar refractivity (Wildman–Crippen MR) is 120 cm³/mol. The van der Waals surface area contributed by atoms with E-state index in [1.54, 1.807) is 35.9 Å². The van der Waals surface area contributed by atoms with Crippen LogP contribution < -0.4 is 14.2 Å². The van der Waals surface area contributed by atoms with Crippen LogP contribution in [0.25, 0.3) is 10.1 Å². The van der Waals surface area contributed by atoms with Gasteiger partial charge in [-0.3, -0.25) is 4.98 Å². The second-order valence-electron chi connectivity index (χ2n) is 7.19. The van der Waals surface area contributed by atoms with E-state index in [1.165, 1.54) is 6.07 Å². The van der Waals surface area contributed by atoms with E-state index < -0.39 is 16.1 Å². The van der Waals surface area contributed by atoms with Crippen LogP contribution in [0.4, 0.5) is 0 Å². The summed E-state index contributed by atoms with van der Waals surface area (Å²) in [6.07, 6.45) is 4.28.